The standard InChI is InChI=1S/C18H14N6O3/c25-16(21-12-5-6-15(20-9-12)23-8-7-19-11-23)10-24-14-4-2-1-3-13(14)17(26)22-18(24)27/h1-9,11H,10H2,(H,21,25)(H,22,26,27). The number of hydrogen-bond acceptors (Lipinski definition) is 5. The predicted molar refractivity (Wildman–Crippen MR) is 98.8 cm³/mol. The average molecular weight is 362 g/mol. The zero-order valence-corrected chi connectivity index (χ0v) is 14.0. The molecule has 0 atom stereocenters. The second-order valence-corrected chi connectivity index (χ2v) is 5.79. The van der Waals surface area contributed by atoms with Crippen molar-refractivity contribution in [2.24, 2.45) is 0 Å². The number of nitrogens with one attached hydrogen (secondary N) is 2. The highest BCUT2D eigenvalue weighted by molar-refractivity contribution is 5.91. The molecule has 9 heteroatoms. The first-order valence-corrected chi connectivity index (χ1v) is 8.08. The largest absolute Gasteiger partial charge is 0.329 e. The Morgan fingerprint density at radius 3 is 2.74 bits per heavy atom. The third-order valence-corrected chi connectivity index (χ3v) is 4.01. The van der Waals surface area contributed by atoms with Gasteiger partial charge in [0, 0.05) is 12.4 Å². The minimum atomic E-state index is -0.637. The molecule has 4 rings (SSSR count). The summed E-state index contributed by atoms with van der Waals surface area (Å²) in [5.74, 6) is 0.250. The quantitative estimate of drug-likeness (QED) is 0.560. The molecular formula is C18H14N6O3. The summed E-state index contributed by atoms with van der Waals surface area (Å²) in [6.45, 7) is -0.237. The van der Waals surface area contributed by atoms with Crippen LogP contribution < -0.4 is 16.6 Å². The number of aromatic nitrogens is 5. The highest BCUT2D eigenvalue weighted by atomic mass is 16.2. The molecule has 1 amide bonds. The Labute approximate surface area is 151 Å². The minimum Gasteiger partial charge on any atom is -0.323 e. The van der Waals surface area contributed by atoms with Crippen molar-refractivity contribution in [3.05, 3.63) is 82.2 Å². The first-order valence-electron chi connectivity index (χ1n) is 8.08. The molecule has 0 spiro atoms. The maximum absolute atomic E-state index is 12.4. The second kappa shape index (κ2) is 6.71. The summed E-state index contributed by atoms with van der Waals surface area (Å²) in [5, 5.41) is 3.04. The van der Waals surface area contributed by atoms with Crippen LogP contribution in [0.25, 0.3) is 16.7 Å². The maximum atomic E-state index is 12.4. The van der Waals surface area contributed by atoms with Gasteiger partial charge in [-0.3, -0.25) is 23.7 Å². The molecule has 0 fully saturated rings. The van der Waals surface area contributed by atoms with Crippen molar-refractivity contribution < 1.29 is 4.79 Å². The number of H-pyrrole nitrogens is 1. The number of anilines is 1. The van der Waals surface area contributed by atoms with Crippen molar-refractivity contribution >= 4 is 22.5 Å². The number of amides is 1. The molecule has 2 N–H and O–H groups in total. The SMILES string of the molecule is O=C(Cn1c(=O)[nH]c(=O)c2ccccc21)Nc1ccc(-n2ccnc2)nc1. The Hall–Kier alpha value is -4.01. The van der Waals surface area contributed by atoms with Crippen LogP contribution >= 0.6 is 0 Å². The molecule has 0 bridgehead atoms. The van der Waals surface area contributed by atoms with E-state index >= 15 is 0 Å². The third kappa shape index (κ3) is 3.25. The Morgan fingerprint density at radius 1 is 1.15 bits per heavy atom. The number of carbonyl (C=O) groups excluding carboxylic acids is 1. The zero-order valence-electron chi connectivity index (χ0n) is 14.0. The summed E-state index contributed by atoms with van der Waals surface area (Å²) >= 11 is 0. The highest BCUT2D eigenvalue weighted by Gasteiger charge is 2.11. The summed E-state index contributed by atoms with van der Waals surface area (Å²) in [6.07, 6.45) is 6.53. The van der Waals surface area contributed by atoms with Crippen LogP contribution in [0.5, 0.6) is 0 Å². The summed E-state index contributed by atoms with van der Waals surface area (Å²) in [5.41, 5.74) is -0.227. The summed E-state index contributed by atoms with van der Waals surface area (Å²) in [6, 6.07) is 10.1. The van der Waals surface area contributed by atoms with E-state index in [1.165, 1.54) is 10.8 Å². The lowest BCUT2D eigenvalue weighted by atomic mass is 10.2. The number of nitrogens with zero attached hydrogens (tertiary/aromatic N) is 4. The van der Waals surface area contributed by atoms with Gasteiger partial charge in [0.2, 0.25) is 5.91 Å². The lowest BCUT2D eigenvalue weighted by Gasteiger charge is -2.10. The molecule has 0 saturated carbocycles. The average Bonchev–Trinajstić information content (AvgIpc) is 3.20. The molecule has 9 nitrogen and oxygen atoms in total. The Balaban J connectivity index is 1.56. The van der Waals surface area contributed by atoms with Gasteiger partial charge in [0.1, 0.15) is 18.7 Å². The van der Waals surface area contributed by atoms with Crippen LogP contribution in [0.3, 0.4) is 0 Å². The van der Waals surface area contributed by atoms with Crippen molar-refractivity contribution in [2.45, 2.75) is 6.54 Å². The molecule has 0 unspecified atom stereocenters. The van der Waals surface area contributed by atoms with Gasteiger partial charge in [0.25, 0.3) is 5.56 Å². The molecule has 1 aromatic carbocycles. The van der Waals surface area contributed by atoms with E-state index in [9.17, 15) is 14.4 Å². The topological polar surface area (TPSA) is 115 Å². The number of aromatic amines is 1. The van der Waals surface area contributed by atoms with Crippen LogP contribution in [0.2, 0.25) is 0 Å². The van der Waals surface area contributed by atoms with Gasteiger partial charge in [-0.15, -0.1) is 0 Å². The zero-order chi connectivity index (χ0) is 18.8. The smallest absolute Gasteiger partial charge is 0.323 e. The number of hydrogen-bond donors (Lipinski definition) is 2. The lowest BCUT2D eigenvalue weighted by molar-refractivity contribution is -0.116. The fraction of sp³-hybridized carbons (Fsp3) is 0.0556. The molecule has 134 valence electrons. The van der Waals surface area contributed by atoms with Gasteiger partial charge < -0.3 is 5.32 Å². The van der Waals surface area contributed by atoms with Crippen LogP contribution in [0.15, 0.2) is 70.9 Å². The van der Waals surface area contributed by atoms with E-state index in [1.54, 1.807) is 59.7 Å². The number of pyridine rings is 1. The van der Waals surface area contributed by atoms with Gasteiger partial charge in [-0.1, -0.05) is 12.1 Å². The van der Waals surface area contributed by atoms with Crippen LogP contribution in [0.4, 0.5) is 5.69 Å². The molecular weight excluding hydrogens is 348 g/mol. The summed E-state index contributed by atoms with van der Waals surface area (Å²) in [4.78, 5) is 46.8. The van der Waals surface area contributed by atoms with Crippen LogP contribution in [0, 0.1) is 0 Å². The predicted octanol–water partition coefficient (Wildman–Crippen LogP) is 0.909. The Morgan fingerprint density at radius 2 is 2.00 bits per heavy atom. The monoisotopic (exact) mass is 362 g/mol. The number of carbonyl (C=O) groups is 1. The van der Waals surface area contributed by atoms with Gasteiger partial charge in [-0.25, -0.2) is 14.8 Å². The van der Waals surface area contributed by atoms with E-state index in [0.29, 0.717) is 22.4 Å². The first kappa shape index (κ1) is 16.5. The Bertz CT molecular complexity index is 1220. The number of rotatable bonds is 4. The molecule has 0 aliphatic heterocycles. The lowest BCUT2D eigenvalue weighted by Crippen LogP contribution is -2.34. The summed E-state index contributed by atoms with van der Waals surface area (Å²) in [7, 11) is 0. The van der Waals surface area contributed by atoms with Gasteiger partial charge in [0.15, 0.2) is 0 Å². The minimum absolute atomic E-state index is 0.237. The van der Waals surface area contributed by atoms with Gasteiger partial charge in [0.05, 0.1) is 22.8 Å². The molecule has 3 aromatic heterocycles. The molecule has 27 heavy (non-hydrogen) atoms. The maximum Gasteiger partial charge on any atom is 0.329 e. The number of fused-ring (bicyclic) bond motifs is 1. The second-order valence-electron chi connectivity index (χ2n) is 5.79. The summed E-state index contributed by atoms with van der Waals surface area (Å²) < 4.78 is 2.96. The van der Waals surface area contributed by atoms with Crippen LogP contribution in [0.1, 0.15) is 0 Å². The molecule has 0 radical (unpaired) electrons. The van der Waals surface area contributed by atoms with Crippen LogP contribution in [-0.4, -0.2) is 30.0 Å². The van der Waals surface area contributed by atoms with E-state index < -0.39 is 17.2 Å². The molecule has 4 aromatic rings. The fourth-order valence-electron chi connectivity index (χ4n) is 2.75. The van der Waals surface area contributed by atoms with Crippen molar-refractivity contribution in [3.63, 3.8) is 0 Å². The molecule has 3 heterocycles. The normalized spacial score (nSPS) is 10.8. The van der Waals surface area contributed by atoms with E-state index in [4.69, 9.17) is 0 Å². The van der Waals surface area contributed by atoms with Crippen molar-refractivity contribution in [1.29, 1.82) is 0 Å². The van der Waals surface area contributed by atoms with E-state index in [2.05, 4.69) is 20.3 Å². The number of benzene rings is 1. The Kier molecular flexibility index (Phi) is 4.09. The van der Waals surface area contributed by atoms with Crippen LogP contribution in [-0.2, 0) is 11.3 Å². The van der Waals surface area contributed by atoms with Crippen molar-refractivity contribution in [3.8, 4) is 5.82 Å². The van der Waals surface area contributed by atoms with E-state index in [1.807, 2.05) is 0 Å². The molecule has 0 aliphatic carbocycles. The number of imidazole rings is 1. The van der Waals surface area contributed by atoms with Crippen molar-refractivity contribution in [2.75, 3.05) is 5.32 Å². The van der Waals surface area contributed by atoms with Crippen molar-refractivity contribution in [1.82, 2.24) is 24.1 Å². The number of para-hydroxylation sites is 1. The van der Waals surface area contributed by atoms with E-state index in [-0.39, 0.29) is 6.54 Å². The van der Waals surface area contributed by atoms with Gasteiger partial charge in [-0.05, 0) is 24.3 Å². The van der Waals surface area contributed by atoms with E-state index in [0.717, 1.165) is 0 Å². The first-order chi connectivity index (χ1) is 13.1. The fourth-order valence-corrected chi connectivity index (χ4v) is 2.75. The highest BCUT2D eigenvalue weighted by Crippen LogP contribution is 2.10. The van der Waals surface area contributed by atoms with Gasteiger partial charge in [-0.2, -0.15) is 0 Å². The molecule has 0 saturated heterocycles. The molecule has 0 aliphatic rings. The third-order valence-electron chi connectivity index (χ3n) is 4.01. The van der Waals surface area contributed by atoms with Gasteiger partial charge >= 0.3 is 5.69 Å².